The average Bonchev–Trinajstić information content (AvgIpc) is 3.50. The van der Waals surface area contributed by atoms with Crippen LogP contribution in [-0.2, 0) is 6.54 Å². The van der Waals surface area contributed by atoms with Crippen molar-refractivity contribution in [2.45, 2.75) is 51.1 Å². The summed E-state index contributed by atoms with van der Waals surface area (Å²) in [6, 6.07) is 16.3. The largest absolute Gasteiger partial charge is 0.337 e. The first-order valence-electron chi connectivity index (χ1n) is 12.3. The summed E-state index contributed by atoms with van der Waals surface area (Å²) in [4.78, 5) is 20.1. The maximum absolute atomic E-state index is 13.2. The van der Waals surface area contributed by atoms with Crippen molar-refractivity contribution in [2.75, 3.05) is 13.1 Å². The highest BCUT2D eigenvalue weighted by Crippen LogP contribution is 2.45. The molecule has 2 aliphatic rings. The molecule has 1 amide bonds. The number of benzene rings is 2. The Balaban J connectivity index is 1.42. The SMILES string of the molecule is CCn1c(-c2cnn(-c3ccccc3)c2C2CC2)nc2cc(C(=O)N3CCC[C@@H](N)C3)ccc21. The summed E-state index contributed by atoms with van der Waals surface area (Å²) in [6.07, 6.45) is 6.24. The minimum atomic E-state index is 0.0419. The Kier molecular flexibility index (Phi) is 5.21. The molecule has 0 radical (unpaired) electrons. The lowest BCUT2D eigenvalue weighted by atomic mass is 10.1. The van der Waals surface area contributed by atoms with E-state index in [2.05, 4.69) is 28.3 Å². The van der Waals surface area contributed by atoms with Gasteiger partial charge in [0.1, 0.15) is 5.82 Å². The van der Waals surface area contributed by atoms with Gasteiger partial charge in [-0.25, -0.2) is 9.67 Å². The first-order chi connectivity index (χ1) is 16.6. The van der Waals surface area contributed by atoms with Gasteiger partial charge in [-0.15, -0.1) is 0 Å². The number of hydrogen-bond acceptors (Lipinski definition) is 4. The van der Waals surface area contributed by atoms with E-state index in [-0.39, 0.29) is 11.9 Å². The van der Waals surface area contributed by atoms with Gasteiger partial charge >= 0.3 is 0 Å². The summed E-state index contributed by atoms with van der Waals surface area (Å²) in [6.45, 7) is 4.32. The van der Waals surface area contributed by atoms with E-state index in [1.807, 2.05) is 47.5 Å². The monoisotopic (exact) mass is 454 g/mol. The molecule has 174 valence electrons. The van der Waals surface area contributed by atoms with Crippen molar-refractivity contribution < 1.29 is 4.79 Å². The number of para-hydroxylation sites is 1. The molecule has 2 aromatic carbocycles. The summed E-state index contributed by atoms with van der Waals surface area (Å²) < 4.78 is 4.31. The van der Waals surface area contributed by atoms with Crippen LogP contribution in [0.4, 0.5) is 0 Å². The van der Waals surface area contributed by atoms with Crippen LogP contribution in [0.1, 0.15) is 54.6 Å². The van der Waals surface area contributed by atoms with Crippen molar-refractivity contribution in [1.82, 2.24) is 24.2 Å². The Morgan fingerprint density at radius 1 is 1.12 bits per heavy atom. The number of hydrogen-bond donors (Lipinski definition) is 1. The number of amides is 1. The molecule has 0 spiro atoms. The molecule has 1 aliphatic heterocycles. The van der Waals surface area contributed by atoms with E-state index < -0.39 is 0 Å². The number of nitrogens with zero attached hydrogens (tertiary/aromatic N) is 5. The molecule has 1 saturated heterocycles. The van der Waals surface area contributed by atoms with Gasteiger partial charge in [-0.05, 0) is 62.9 Å². The third-order valence-corrected chi connectivity index (χ3v) is 7.07. The average molecular weight is 455 g/mol. The number of aromatic nitrogens is 4. The molecule has 7 heteroatoms. The lowest BCUT2D eigenvalue weighted by molar-refractivity contribution is 0.0709. The summed E-state index contributed by atoms with van der Waals surface area (Å²) in [5.41, 5.74) is 12.1. The third-order valence-electron chi connectivity index (χ3n) is 7.07. The van der Waals surface area contributed by atoms with Gasteiger partial charge in [0, 0.05) is 37.2 Å². The van der Waals surface area contributed by atoms with Crippen LogP contribution in [-0.4, -0.2) is 49.3 Å². The summed E-state index contributed by atoms with van der Waals surface area (Å²) in [5, 5.41) is 4.77. The Morgan fingerprint density at radius 3 is 2.68 bits per heavy atom. The number of carbonyl (C=O) groups excluding carboxylic acids is 1. The molecular formula is C27H30N6O. The second-order valence-electron chi connectivity index (χ2n) is 9.50. The Hall–Kier alpha value is -3.45. The number of imidazole rings is 1. The smallest absolute Gasteiger partial charge is 0.253 e. The normalized spacial score (nSPS) is 18.5. The van der Waals surface area contributed by atoms with Crippen LogP contribution in [0.5, 0.6) is 0 Å². The molecule has 2 aromatic heterocycles. The topological polar surface area (TPSA) is 82.0 Å². The van der Waals surface area contributed by atoms with Gasteiger partial charge in [0.25, 0.3) is 5.91 Å². The standard InChI is InChI=1S/C27H30N6O/c1-2-32-24-13-12-19(27(34)31-14-6-7-20(28)17-31)15-23(24)30-26(32)22-16-29-33(25(22)18-10-11-18)21-8-4-3-5-9-21/h3-5,8-9,12-13,15-16,18,20H,2,6-7,10-11,14,17,28H2,1H3/t20-/m1/s1. The molecule has 2 fully saturated rings. The van der Waals surface area contributed by atoms with Crippen LogP contribution in [0.15, 0.2) is 54.7 Å². The number of nitrogens with two attached hydrogens (primary N) is 1. The van der Waals surface area contributed by atoms with Crippen LogP contribution < -0.4 is 5.73 Å². The van der Waals surface area contributed by atoms with Crippen molar-refractivity contribution in [3.63, 3.8) is 0 Å². The maximum atomic E-state index is 13.2. The molecule has 3 heterocycles. The van der Waals surface area contributed by atoms with E-state index in [0.717, 1.165) is 54.0 Å². The van der Waals surface area contributed by atoms with E-state index in [1.165, 1.54) is 18.5 Å². The molecule has 4 aromatic rings. The predicted molar refractivity (Wildman–Crippen MR) is 133 cm³/mol. The van der Waals surface area contributed by atoms with Crippen LogP contribution in [0, 0.1) is 0 Å². The van der Waals surface area contributed by atoms with Crippen LogP contribution in [0.25, 0.3) is 28.1 Å². The van der Waals surface area contributed by atoms with Gasteiger partial charge in [0.15, 0.2) is 0 Å². The quantitative estimate of drug-likeness (QED) is 0.486. The van der Waals surface area contributed by atoms with E-state index >= 15 is 0 Å². The number of fused-ring (bicyclic) bond motifs is 1. The van der Waals surface area contributed by atoms with Crippen molar-refractivity contribution in [3.05, 3.63) is 66.0 Å². The fourth-order valence-electron chi connectivity index (χ4n) is 5.22. The molecule has 1 atom stereocenters. The number of piperidine rings is 1. The highest BCUT2D eigenvalue weighted by atomic mass is 16.2. The van der Waals surface area contributed by atoms with Crippen LogP contribution in [0.3, 0.4) is 0 Å². The summed E-state index contributed by atoms with van der Waals surface area (Å²) >= 11 is 0. The number of aryl methyl sites for hydroxylation is 1. The van der Waals surface area contributed by atoms with Crippen LogP contribution in [0.2, 0.25) is 0 Å². The molecular weight excluding hydrogens is 424 g/mol. The second kappa shape index (κ2) is 8.40. The summed E-state index contributed by atoms with van der Waals surface area (Å²) in [5.74, 6) is 1.47. The highest BCUT2D eigenvalue weighted by molar-refractivity contribution is 5.98. The summed E-state index contributed by atoms with van der Waals surface area (Å²) in [7, 11) is 0. The number of likely N-dealkylation sites (tertiary alicyclic amines) is 1. The first-order valence-corrected chi connectivity index (χ1v) is 12.3. The van der Waals surface area contributed by atoms with Gasteiger partial charge < -0.3 is 15.2 Å². The fraction of sp³-hybridized carbons (Fsp3) is 0.370. The van der Waals surface area contributed by atoms with Crippen molar-refractivity contribution in [1.29, 1.82) is 0 Å². The zero-order chi connectivity index (χ0) is 23.2. The van der Waals surface area contributed by atoms with Crippen molar-refractivity contribution in [2.24, 2.45) is 5.73 Å². The van der Waals surface area contributed by atoms with Gasteiger partial charge in [0.05, 0.1) is 34.2 Å². The van der Waals surface area contributed by atoms with E-state index in [4.69, 9.17) is 15.8 Å². The minimum absolute atomic E-state index is 0.0419. The Bertz CT molecular complexity index is 1350. The maximum Gasteiger partial charge on any atom is 0.253 e. The van der Waals surface area contributed by atoms with Gasteiger partial charge in [-0.1, -0.05) is 18.2 Å². The molecule has 2 N–H and O–H groups in total. The number of carbonyl (C=O) groups is 1. The molecule has 7 nitrogen and oxygen atoms in total. The van der Waals surface area contributed by atoms with E-state index in [9.17, 15) is 4.79 Å². The third kappa shape index (κ3) is 3.60. The molecule has 6 rings (SSSR count). The predicted octanol–water partition coefficient (Wildman–Crippen LogP) is 4.35. The van der Waals surface area contributed by atoms with E-state index in [0.29, 0.717) is 18.0 Å². The fourth-order valence-corrected chi connectivity index (χ4v) is 5.22. The van der Waals surface area contributed by atoms with Gasteiger partial charge in [-0.2, -0.15) is 5.10 Å². The van der Waals surface area contributed by atoms with Gasteiger partial charge in [0.2, 0.25) is 0 Å². The highest BCUT2D eigenvalue weighted by Gasteiger charge is 2.33. The molecule has 0 unspecified atom stereocenters. The molecule has 0 bridgehead atoms. The lowest BCUT2D eigenvalue weighted by Crippen LogP contribution is -2.45. The van der Waals surface area contributed by atoms with E-state index in [1.54, 1.807) is 0 Å². The molecule has 1 aliphatic carbocycles. The Morgan fingerprint density at radius 2 is 1.94 bits per heavy atom. The number of rotatable bonds is 5. The molecule has 34 heavy (non-hydrogen) atoms. The van der Waals surface area contributed by atoms with Crippen LogP contribution >= 0.6 is 0 Å². The van der Waals surface area contributed by atoms with Crippen molar-refractivity contribution in [3.8, 4) is 17.1 Å². The zero-order valence-corrected chi connectivity index (χ0v) is 19.5. The first kappa shape index (κ1) is 21.1. The molecule has 1 saturated carbocycles. The zero-order valence-electron chi connectivity index (χ0n) is 19.5. The second-order valence-corrected chi connectivity index (χ2v) is 9.50. The van der Waals surface area contributed by atoms with Gasteiger partial charge in [-0.3, -0.25) is 4.79 Å². The Labute approximate surface area is 199 Å². The van der Waals surface area contributed by atoms with Crippen molar-refractivity contribution >= 4 is 16.9 Å². The minimum Gasteiger partial charge on any atom is -0.337 e. The lowest BCUT2D eigenvalue weighted by Gasteiger charge is -2.30.